The molecule has 0 spiro atoms. The zero-order valence-electron chi connectivity index (χ0n) is 16.5. The number of aromatic nitrogens is 3. The van der Waals surface area contributed by atoms with E-state index in [0.29, 0.717) is 10.5 Å². The van der Waals surface area contributed by atoms with E-state index in [2.05, 4.69) is 21.8 Å². The van der Waals surface area contributed by atoms with Gasteiger partial charge in [-0.25, -0.2) is 8.96 Å². The van der Waals surface area contributed by atoms with E-state index in [0.717, 1.165) is 50.1 Å². The summed E-state index contributed by atoms with van der Waals surface area (Å²) in [5.41, 5.74) is 1.68. The molecule has 7 nitrogen and oxygen atoms in total. The van der Waals surface area contributed by atoms with Crippen LogP contribution in [-0.4, -0.2) is 71.3 Å². The largest absolute Gasteiger partial charge is 0.304 e. The highest BCUT2D eigenvalue weighted by atomic mass is 35.5. The Morgan fingerprint density at radius 1 is 1.17 bits per heavy atom. The zero-order chi connectivity index (χ0) is 20.9. The molecule has 158 valence electrons. The Hall–Kier alpha value is -1.91. The Balaban J connectivity index is 1.54. The first-order valence-electron chi connectivity index (χ1n) is 9.81. The van der Waals surface area contributed by atoms with E-state index in [-0.39, 0.29) is 10.2 Å². The predicted molar refractivity (Wildman–Crippen MR) is 120 cm³/mol. The van der Waals surface area contributed by atoms with Gasteiger partial charge in [0.15, 0.2) is 10.1 Å². The van der Waals surface area contributed by atoms with E-state index in [1.807, 2.05) is 24.3 Å². The van der Waals surface area contributed by atoms with Crippen molar-refractivity contribution in [1.29, 1.82) is 0 Å². The summed E-state index contributed by atoms with van der Waals surface area (Å²) >= 11 is 7.60. The highest BCUT2D eigenvalue weighted by Gasteiger charge is 2.29. The molecule has 0 amide bonds. The van der Waals surface area contributed by atoms with E-state index in [1.165, 1.54) is 15.3 Å². The SMILES string of the molecule is CN1CCN(CCc2cn(S(=O)(=O)c3c(Cl)nc4sccn34)c3ccccc23)CC1. The van der Waals surface area contributed by atoms with Gasteiger partial charge in [0.25, 0.3) is 10.0 Å². The minimum absolute atomic E-state index is 0.00128. The minimum atomic E-state index is -3.91. The maximum Gasteiger partial charge on any atom is 0.287 e. The standard InChI is InChI=1S/C20H22ClN5O2S2/c1-23-8-10-24(11-9-23)7-6-15-14-26(17-5-3-2-4-16(15)17)30(27,28)19-18(21)22-20-25(19)12-13-29-20/h2-5,12-14H,6-11H2,1H3. The molecule has 4 heterocycles. The molecule has 30 heavy (non-hydrogen) atoms. The van der Waals surface area contributed by atoms with Crippen molar-refractivity contribution >= 4 is 48.8 Å². The van der Waals surface area contributed by atoms with Gasteiger partial charge in [0, 0.05) is 55.9 Å². The van der Waals surface area contributed by atoms with Gasteiger partial charge < -0.3 is 9.80 Å². The van der Waals surface area contributed by atoms with Crippen LogP contribution < -0.4 is 0 Å². The minimum Gasteiger partial charge on any atom is -0.304 e. The van der Waals surface area contributed by atoms with Gasteiger partial charge in [0.2, 0.25) is 5.03 Å². The molecule has 0 aliphatic carbocycles. The van der Waals surface area contributed by atoms with E-state index < -0.39 is 10.0 Å². The van der Waals surface area contributed by atoms with Crippen molar-refractivity contribution in [1.82, 2.24) is 23.2 Å². The average Bonchev–Trinajstić information content (AvgIpc) is 3.40. The van der Waals surface area contributed by atoms with Crippen LogP contribution in [0, 0.1) is 0 Å². The van der Waals surface area contributed by atoms with Crippen molar-refractivity contribution in [3.05, 3.63) is 52.8 Å². The third-order valence-electron chi connectivity index (χ3n) is 5.74. The number of likely N-dealkylation sites (N-methyl/N-ethyl adjacent to an activating group) is 1. The van der Waals surface area contributed by atoms with Gasteiger partial charge in [-0.1, -0.05) is 29.8 Å². The maximum atomic E-state index is 13.6. The van der Waals surface area contributed by atoms with Crippen molar-refractivity contribution in [2.24, 2.45) is 0 Å². The first kappa shape index (κ1) is 20.0. The Bertz CT molecular complexity index is 1320. The molecule has 0 radical (unpaired) electrons. The third kappa shape index (κ3) is 3.34. The molecule has 1 aliphatic rings. The molecule has 4 aromatic rings. The van der Waals surface area contributed by atoms with Gasteiger partial charge in [-0.2, -0.15) is 8.42 Å². The molecule has 0 unspecified atom stereocenters. The van der Waals surface area contributed by atoms with Gasteiger partial charge in [-0.15, -0.1) is 11.3 Å². The molecule has 1 fully saturated rings. The molecule has 0 N–H and O–H groups in total. The van der Waals surface area contributed by atoms with E-state index in [9.17, 15) is 8.42 Å². The summed E-state index contributed by atoms with van der Waals surface area (Å²) < 4.78 is 30.1. The van der Waals surface area contributed by atoms with Crippen LogP contribution in [0.15, 0.2) is 47.1 Å². The smallest absolute Gasteiger partial charge is 0.287 e. The summed E-state index contributed by atoms with van der Waals surface area (Å²) in [6.07, 6.45) is 4.23. The van der Waals surface area contributed by atoms with E-state index in [4.69, 9.17) is 11.6 Å². The summed E-state index contributed by atoms with van der Waals surface area (Å²) in [4.78, 5) is 9.52. The van der Waals surface area contributed by atoms with Crippen molar-refractivity contribution in [2.75, 3.05) is 39.8 Å². The molecular formula is C20H22ClN5O2S2. The van der Waals surface area contributed by atoms with Crippen LogP contribution >= 0.6 is 22.9 Å². The van der Waals surface area contributed by atoms with Crippen molar-refractivity contribution in [2.45, 2.75) is 11.4 Å². The molecular weight excluding hydrogens is 442 g/mol. The van der Waals surface area contributed by atoms with E-state index in [1.54, 1.807) is 22.2 Å². The fourth-order valence-electron chi connectivity index (χ4n) is 4.03. The second-order valence-electron chi connectivity index (χ2n) is 7.63. The molecule has 1 aromatic carbocycles. The molecule has 5 rings (SSSR count). The summed E-state index contributed by atoms with van der Waals surface area (Å²) in [6.45, 7) is 5.10. The maximum absolute atomic E-state index is 13.6. The Morgan fingerprint density at radius 2 is 1.93 bits per heavy atom. The van der Waals surface area contributed by atoms with Crippen LogP contribution in [0.1, 0.15) is 5.56 Å². The quantitative estimate of drug-likeness (QED) is 0.455. The van der Waals surface area contributed by atoms with Crippen LogP contribution in [0.5, 0.6) is 0 Å². The van der Waals surface area contributed by atoms with Gasteiger partial charge in [-0.05, 0) is 25.1 Å². The number of rotatable bonds is 5. The second-order valence-corrected chi connectivity index (χ2v) is 10.6. The lowest BCUT2D eigenvalue weighted by Gasteiger charge is -2.32. The molecule has 10 heteroatoms. The number of benzene rings is 1. The van der Waals surface area contributed by atoms with Gasteiger partial charge >= 0.3 is 0 Å². The summed E-state index contributed by atoms with van der Waals surface area (Å²) in [7, 11) is -1.77. The van der Waals surface area contributed by atoms with Crippen LogP contribution in [0.3, 0.4) is 0 Å². The Kier molecular flexibility index (Phi) is 5.11. The first-order valence-corrected chi connectivity index (χ1v) is 12.5. The topological polar surface area (TPSA) is 62.8 Å². The highest BCUT2D eigenvalue weighted by molar-refractivity contribution is 7.90. The lowest BCUT2D eigenvalue weighted by Crippen LogP contribution is -2.45. The number of halogens is 1. The molecule has 3 aromatic heterocycles. The summed E-state index contributed by atoms with van der Waals surface area (Å²) in [5, 5.41) is 2.76. The fraction of sp³-hybridized carbons (Fsp3) is 0.350. The number of para-hydroxylation sites is 1. The van der Waals surface area contributed by atoms with Crippen LogP contribution in [0.25, 0.3) is 15.9 Å². The number of nitrogens with zero attached hydrogens (tertiary/aromatic N) is 5. The van der Waals surface area contributed by atoms with Gasteiger partial charge in [-0.3, -0.25) is 4.40 Å². The third-order valence-corrected chi connectivity index (χ3v) is 8.57. The number of thiazole rings is 1. The average molecular weight is 464 g/mol. The lowest BCUT2D eigenvalue weighted by atomic mass is 10.1. The van der Waals surface area contributed by atoms with Crippen LogP contribution in [-0.2, 0) is 16.4 Å². The Morgan fingerprint density at radius 3 is 2.73 bits per heavy atom. The number of imidazole rings is 1. The number of hydrogen-bond donors (Lipinski definition) is 0. The predicted octanol–water partition coefficient (Wildman–Crippen LogP) is 3.03. The van der Waals surface area contributed by atoms with Crippen molar-refractivity contribution in [3.63, 3.8) is 0 Å². The van der Waals surface area contributed by atoms with Gasteiger partial charge in [0.1, 0.15) is 0 Å². The summed E-state index contributed by atoms with van der Waals surface area (Å²) in [5.74, 6) is 0. The highest BCUT2D eigenvalue weighted by Crippen LogP contribution is 2.31. The van der Waals surface area contributed by atoms with E-state index >= 15 is 0 Å². The molecule has 0 bridgehead atoms. The zero-order valence-corrected chi connectivity index (χ0v) is 18.9. The molecule has 1 aliphatic heterocycles. The number of hydrogen-bond acceptors (Lipinski definition) is 6. The van der Waals surface area contributed by atoms with Crippen molar-refractivity contribution in [3.8, 4) is 0 Å². The van der Waals surface area contributed by atoms with Gasteiger partial charge in [0.05, 0.1) is 5.52 Å². The monoisotopic (exact) mass is 463 g/mol. The fourth-order valence-corrected chi connectivity index (χ4v) is 6.84. The van der Waals surface area contributed by atoms with Crippen LogP contribution in [0.2, 0.25) is 5.15 Å². The number of piperazine rings is 1. The molecule has 1 saturated heterocycles. The molecule has 0 atom stereocenters. The normalized spacial score (nSPS) is 16.7. The first-order chi connectivity index (χ1) is 14.4. The van der Waals surface area contributed by atoms with Crippen molar-refractivity contribution < 1.29 is 8.42 Å². The number of fused-ring (bicyclic) bond motifs is 2. The summed E-state index contributed by atoms with van der Waals surface area (Å²) in [6, 6.07) is 7.63. The Labute approximate surface area is 184 Å². The molecule has 0 saturated carbocycles. The van der Waals surface area contributed by atoms with Crippen LogP contribution in [0.4, 0.5) is 0 Å². The lowest BCUT2D eigenvalue weighted by molar-refractivity contribution is 0.155. The second kappa shape index (κ2) is 7.65.